The zero-order valence-electron chi connectivity index (χ0n) is 13.3. The zero-order chi connectivity index (χ0) is 15.6. The highest BCUT2D eigenvalue weighted by Crippen LogP contribution is 2.12. The van der Waals surface area contributed by atoms with Gasteiger partial charge in [-0.1, -0.05) is 6.42 Å². The van der Waals surface area contributed by atoms with Crippen LogP contribution in [0.4, 0.5) is 0 Å². The van der Waals surface area contributed by atoms with E-state index in [9.17, 15) is 8.42 Å². The summed E-state index contributed by atoms with van der Waals surface area (Å²) in [5, 5.41) is 3.30. The largest absolute Gasteiger partial charge is 0.380 e. The summed E-state index contributed by atoms with van der Waals surface area (Å²) in [5.74, 6) is 0.172. The van der Waals surface area contributed by atoms with Gasteiger partial charge in [-0.15, -0.1) is 0 Å². The van der Waals surface area contributed by atoms with Crippen molar-refractivity contribution in [2.75, 3.05) is 51.8 Å². The van der Waals surface area contributed by atoms with Gasteiger partial charge in [-0.05, 0) is 33.2 Å². The molecule has 21 heavy (non-hydrogen) atoms. The van der Waals surface area contributed by atoms with Crippen LogP contribution in [-0.4, -0.2) is 70.6 Å². The van der Waals surface area contributed by atoms with Crippen LogP contribution < -0.4 is 5.32 Å². The summed E-state index contributed by atoms with van der Waals surface area (Å²) < 4.78 is 37.2. The molecule has 1 aliphatic rings. The van der Waals surface area contributed by atoms with Crippen molar-refractivity contribution in [3.8, 4) is 0 Å². The van der Waals surface area contributed by atoms with Crippen molar-refractivity contribution < 1.29 is 17.9 Å². The fraction of sp³-hybridized carbons (Fsp3) is 1.00. The maximum Gasteiger partial charge on any atom is 0.215 e. The number of nitrogens with one attached hydrogen (secondary N) is 1. The molecule has 0 aromatic carbocycles. The van der Waals surface area contributed by atoms with Crippen LogP contribution in [0.3, 0.4) is 0 Å². The van der Waals surface area contributed by atoms with E-state index in [4.69, 9.17) is 9.47 Å². The van der Waals surface area contributed by atoms with Gasteiger partial charge < -0.3 is 14.8 Å². The number of nitrogens with zero attached hydrogens (tertiary/aromatic N) is 1. The van der Waals surface area contributed by atoms with Crippen LogP contribution in [0.15, 0.2) is 0 Å². The summed E-state index contributed by atoms with van der Waals surface area (Å²) in [5.41, 5.74) is 0. The predicted octanol–water partition coefficient (Wildman–Crippen LogP) is 0.833. The first kappa shape index (κ1) is 18.8. The molecule has 1 rings (SSSR count). The van der Waals surface area contributed by atoms with E-state index < -0.39 is 10.0 Å². The van der Waals surface area contributed by atoms with E-state index in [0.29, 0.717) is 39.5 Å². The van der Waals surface area contributed by atoms with Gasteiger partial charge in [-0.3, -0.25) is 0 Å². The summed E-state index contributed by atoms with van der Waals surface area (Å²) in [6.07, 6.45) is 3.17. The second-order valence-corrected chi connectivity index (χ2v) is 7.23. The molecule has 0 saturated carbocycles. The summed E-state index contributed by atoms with van der Waals surface area (Å²) in [7, 11) is -3.27. The van der Waals surface area contributed by atoms with Crippen LogP contribution >= 0.6 is 0 Å². The molecule has 1 unspecified atom stereocenters. The molecule has 0 aromatic heterocycles. The summed E-state index contributed by atoms with van der Waals surface area (Å²) in [6, 6.07) is 0.0745. The monoisotopic (exact) mass is 322 g/mol. The van der Waals surface area contributed by atoms with E-state index in [1.165, 1.54) is 4.31 Å². The van der Waals surface area contributed by atoms with Crippen molar-refractivity contribution in [2.24, 2.45) is 0 Å². The number of hydrogen-bond acceptors (Lipinski definition) is 5. The number of piperidine rings is 1. The molecular weight excluding hydrogens is 292 g/mol. The molecule has 0 aliphatic carbocycles. The fourth-order valence-corrected chi connectivity index (χ4v) is 4.15. The van der Waals surface area contributed by atoms with Gasteiger partial charge in [0, 0.05) is 32.3 Å². The Bertz CT molecular complexity index is 346. The Labute approximate surface area is 129 Å². The summed E-state index contributed by atoms with van der Waals surface area (Å²) in [6.45, 7) is 7.59. The van der Waals surface area contributed by atoms with Crippen LogP contribution in [0.2, 0.25) is 0 Å². The lowest BCUT2D eigenvalue weighted by molar-refractivity contribution is 0.110. The van der Waals surface area contributed by atoms with Gasteiger partial charge in [-0.2, -0.15) is 4.31 Å². The molecule has 6 nitrogen and oxygen atoms in total. The standard InChI is InChI=1S/C14H30N2O4S/c1-3-19-11-9-16(10-12-20-4-2)21(17,18)13-14-7-5-6-8-15-14/h14-15H,3-13H2,1-2H3. The third kappa shape index (κ3) is 7.56. The van der Waals surface area contributed by atoms with Gasteiger partial charge in [0.05, 0.1) is 19.0 Å². The van der Waals surface area contributed by atoms with E-state index in [-0.39, 0.29) is 11.8 Å². The molecule has 126 valence electrons. The van der Waals surface area contributed by atoms with Crippen molar-refractivity contribution in [3.05, 3.63) is 0 Å². The number of rotatable bonds is 11. The van der Waals surface area contributed by atoms with Crippen molar-refractivity contribution >= 4 is 10.0 Å². The first-order valence-corrected chi connectivity index (χ1v) is 9.57. The average molecular weight is 322 g/mol. The Morgan fingerprint density at radius 1 is 1.10 bits per heavy atom. The van der Waals surface area contributed by atoms with Gasteiger partial charge >= 0.3 is 0 Å². The van der Waals surface area contributed by atoms with E-state index >= 15 is 0 Å². The third-order valence-corrected chi connectivity index (χ3v) is 5.57. The highest BCUT2D eigenvalue weighted by molar-refractivity contribution is 7.89. The molecule has 1 atom stereocenters. The molecule has 1 aliphatic heterocycles. The normalized spacial score (nSPS) is 20.0. The molecule has 0 bridgehead atoms. The van der Waals surface area contributed by atoms with Crippen LogP contribution in [0.1, 0.15) is 33.1 Å². The topological polar surface area (TPSA) is 67.9 Å². The molecule has 1 heterocycles. The number of sulfonamides is 1. The molecule has 7 heteroatoms. The molecule has 1 N–H and O–H groups in total. The minimum Gasteiger partial charge on any atom is -0.380 e. The Balaban J connectivity index is 2.54. The van der Waals surface area contributed by atoms with Gasteiger partial charge in [-0.25, -0.2) is 8.42 Å². The first-order chi connectivity index (χ1) is 10.1. The van der Waals surface area contributed by atoms with E-state index in [1.54, 1.807) is 0 Å². The maximum absolute atomic E-state index is 12.6. The second kappa shape index (κ2) is 10.5. The van der Waals surface area contributed by atoms with Crippen LogP contribution in [0.5, 0.6) is 0 Å². The average Bonchev–Trinajstić information content (AvgIpc) is 2.46. The molecule has 0 spiro atoms. The Morgan fingerprint density at radius 2 is 1.71 bits per heavy atom. The third-order valence-electron chi connectivity index (χ3n) is 3.60. The molecule has 1 fully saturated rings. The number of ether oxygens (including phenoxy) is 2. The lowest BCUT2D eigenvalue weighted by Crippen LogP contribution is -2.45. The molecular formula is C14H30N2O4S. The molecule has 0 aromatic rings. The maximum atomic E-state index is 12.6. The van der Waals surface area contributed by atoms with Gasteiger partial charge in [0.2, 0.25) is 10.0 Å². The van der Waals surface area contributed by atoms with E-state index in [0.717, 1.165) is 25.8 Å². The lowest BCUT2D eigenvalue weighted by atomic mass is 10.1. The van der Waals surface area contributed by atoms with Crippen molar-refractivity contribution in [3.63, 3.8) is 0 Å². The summed E-state index contributed by atoms with van der Waals surface area (Å²) >= 11 is 0. The van der Waals surface area contributed by atoms with E-state index in [2.05, 4.69) is 5.32 Å². The van der Waals surface area contributed by atoms with E-state index in [1.807, 2.05) is 13.8 Å². The lowest BCUT2D eigenvalue weighted by Gasteiger charge is -2.27. The van der Waals surface area contributed by atoms with Crippen LogP contribution in [0, 0.1) is 0 Å². The Hall–Kier alpha value is -0.210. The smallest absolute Gasteiger partial charge is 0.215 e. The predicted molar refractivity (Wildman–Crippen MR) is 84.0 cm³/mol. The van der Waals surface area contributed by atoms with Gasteiger partial charge in [0.1, 0.15) is 0 Å². The van der Waals surface area contributed by atoms with Crippen molar-refractivity contribution in [1.82, 2.24) is 9.62 Å². The Kier molecular flexibility index (Phi) is 9.42. The zero-order valence-corrected chi connectivity index (χ0v) is 14.2. The first-order valence-electron chi connectivity index (χ1n) is 7.96. The quantitative estimate of drug-likeness (QED) is 0.571. The second-order valence-electron chi connectivity index (χ2n) is 5.22. The SMILES string of the molecule is CCOCCN(CCOCC)S(=O)(=O)CC1CCCCN1. The van der Waals surface area contributed by atoms with Crippen LogP contribution in [-0.2, 0) is 19.5 Å². The fourth-order valence-electron chi connectivity index (χ4n) is 2.44. The highest BCUT2D eigenvalue weighted by atomic mass is 32.2. The van der Waals surface area contributed by atoms with Crippen molar-refractivity contribution in [1.29, 1.82) is 0 Å². The van der Waals surface area contributed by atoms with Gasteiger partial charge in [0.15, 0.2) is 0 Å². The van der Waals surface area contributed by atoms with Gasteiger partial charge in [0.25, 0.3) is 0 Å². The summed E-state index contributed by atoms with van der Waals surface area (Å²) in [4.78, 5) is 0. The molecule has 0 amide bonds. The molecule has 0 radical (unpaired) electrons. The number of hydrogen-bond donors (Lipinski definition) is 1. The minimum absolute atomic E-state index is 0.0745. The molecule has 1 saturated heterocycles. The van der Waals surface area contributed by atoms with Crippen molar-refractivity contribution in [2.45, 2.75) is 39.2 Å². The Morgan fingerprint density at radius 3 is 2.19 bits per heavy atom. The minimum atomic E-state index is -3.27. The highest BCUT2D eigenvalue weighted by Gasteiger charge is 2.26. The van der Waals surface area contributed by atoms with Crippen LogP contribution in [0.25, 0.3) is 0 Å².